The first-order valence-corrected chi connectivity index (χ1v) is 14.0. The van der Waals surface area contributed by atoms with E-state index in [1.807, 2.05) is 0 Å². The fourth-order valence-electron chi connectivity index (χ4n) is 5.39. The Hall–Kier alpha value is -2.76. The summed E-state index contributed by atoms with van der Waals surface area (Å²) in [5.74, 6) is -7.41. The Kier molecular flexibility index (Phi) is 11.9. The van der Waals surface area contributed by atoms with Crippen LogP contribution in [0.4, 0.5) is 0 Å². The van der Waals surface area contributed by atoms with Crippen molar-refractivity contribution in [3.63, 3.8) is 0 Å². The zero-order chi connectivity index (χ0) is 35.9. The van der Waals surface area contributed by atoms with Crippen LogP contribution in [0, 0.1) is 0 Å². The van der Waals surface area contributed by atoms with Crippen LogP contribution in [0.2, 0.25) is 0 Å². The molecule has 0 aromatic carbocycles. The highest BCUT2D eigenvalue weighted by atomic mass is 16.8. The van der Waals surface area contributed by atoms with Crippen LogP contribution in [0.15, 0.2) is 0 Å². The standard InChI is InChI=1S/C24H34O24/c25-2-1-42-15(19(36)37)11(3(2)26)43-23-9(32)6(29)13(17(47-23)21(40)41)45-24-10(33)7(30)12(16(48-24)20(38)39)44-22-8(31)4(27)5(28)14(46-22)18(34)35/h2-17,22-33H,1H2,(H,34,35)(H,36,37)(H,38,39)(H,40,41)/t2?,3-,4+,5+,6-,7-,8?,9?,10?,11+,12+,13+,14?,15?,16?,17?,22?,23?,24?/m1/s1. The van der Waals surface area contributed by atoms with E-state index in [9.17, 15) is 85.6 Å². The zero-order valence-electron chi connectivity index (χ0n) is 24.0. The molecule has 274 valence electrons. The van der Waals surface area contributed by atoms with E-state index >= 15 is 0 Å². The molecule has 4 aliphatic rings. The average Bonchev–Trinajstić information content (AvgIpc) is 3.01. The Bertz CT molecular complexity index is 1180. The lowest BCUT2D eigenvalue weighted by Gasteiger charge is -2.47. The van der Waals surface area contributed by atoms with Crippen LogP contribution in [0.3, 0.4) is 0 Å². The number of carbonyl (C=O) groups is 4. The second-order valence-electron chi connectivity index (χ2n) is 11.2. The first-order chi connectivity index (χ1) is 22.4. The van der Waals surface area contributed by atoms with Gasteiger partial charge in [0.25, 0.3) is 0 Å². The van der Waals surface area contributed by atoms with Crippen molar-refractivity contribution in [1.82, 2.24) is 0 Å². The molecular weight excluding hydrogens is 672 g/mol. The topological polar surface area (TPSA) is 396 Å². The van der Waals surface area contributed by atoms with E-state index in [-0.39, 0.29) is 0 Å². The number of carboxylic acids is 4. The summed E-state index contributed by atoms with van der Waals surface area (Å²) in [6, 6.07) is 0. The molecule has 0 aromatic heterocycles. The van der Waals surface area contributed by atoms with Gasteiger partial charge >= 0.3 is 23.9 Å². The SMILES string of the molecule is O=C(O)C1OC(O[C@@H]2C(C(=O)O)OC(O[C@@H]3C(C(=O)O)OC(O[C@@H]4C(C(=O)O)OCC(O)[C@H]4O)C(O)[C@H]3O)C(O)[C@H]2O)C(O)[C@@H](O)[C@@H]1O. The lowest BCUT2D eigenvalue weighted by Crippen LogP contribution is -2.68. The first-order valence-electron chi connectivity index (χ1n) is 14.0. The molecule has 24 nitrogen and oxygen atoms in total. The second kappa shape index (κ2) is 15.0. The fraction of sp³-hybridized carbons (Fsp3) is 0.833. The van der Waals surface area contributed by atoms with Gasteiger partial charge in [-0.05, 0) is 0 Å². The lowest BCUT2D eigenvalue weighted by atomic mass is 9.95. The quantitative estimate of drug-likeness (QED) is 0.100. The van der Waals surface area contributed by atoms with Crippen molar-refractivity contribution in [2.24, 2.45) is 0 Å². The molecule has 11 unspecified atom stereocenters. The molecule has 4 saturated heterocycles. The van der Waals surface area contributed by atoms with Gasteiger partial charge < -0.3 is 99.5 Å². The van der Waals surface area contributed by atoms with Gasteiger partial charge in [-0.15, -0.1) is 0 Å². The Morgan fingerprint density at radius 3 is 1.12 bits per heavy atom. The normalized spacial score (nSPS) is 48.4. The average molecular weight is 707 g/mol. The monoisotopic (exact) mass is 706 g/mol. The predicted octanol–water partition coefficient (Wildman–Crippen LogP) is -8.70. The van der Waals surface area contributed by atoms with Crippen molar-refractivity contribution < 1.29 is 119 Å². The van der Waals surface area contributed by atoms with Gasteiger partial charge in [0.05, 0.1) is 6.61 Å². The van der Waals surface area contributed by atoms with Crippen LogP contribution >= 0.6 is 0 Å². The summed E-state index contributed by atoms with van der Waals surface area (Å²) in [6.07, 6.45) is -41.9. The molecule has 24 heteroatoms. The number of hydrogen-bond donors (Lipinski definition) is 13. The van der Waals surface area contributed by atoms with Gasteiger partial charge in [-0.3, -0.25) is 0 Å². The molecule has 0 bridgehead atoms. The Morgan fingerprint density at radius 2 is 0.750 bits per heavy atom. The van der Waals surface area contributed by atoms with Gasteiger partial charge in [-0.25, -0.2) is 19.2 Å². The van der Waals surface area contributed by atoms with Crippen molar-refractivity contribution in [1.29, 1.82) is 0 Å². The first kappa shape index (κ1) is 38.0. The van der Waals surface area contributed by atoms with E-state index in [0.29, 0.717) is 0 Å². The fourth-order valence-corrected chi connectivity index (χ4v) is 5.39. The molecule has 0 radical (unpaired) electrons. The molecule has 4 aliphatic heterocycles. The van der Waals surface area contributed by atoms with Crippen molar-refractivity contribution in [2.45, 2.75) is 117 Å². The summed E-state index contributed by atoms with van der Waals surface area (Å²) >= 11 is 0. The van der Waals surface area contributed by atoms with Gasteiger partial charge in [0.15, 0.2) is 43.3 Å². The number of carboxylic acid groups (broad SMARTS) is 4. The van der Waals surface area contributed by atoms with Crippen molar-refractivity contribution >= 4 is 23.9 Å². The molecule has 19 atom stereocenters. The van der Waals surface area contributed by atoms with E-state index in [1.165, 1.54) is 0 Å². The van der Waals surface area contributed by atoms with E-state index in [4.69, 9.17) is 33.2 Å². The molecule has 4 fully saturated rings. The largest absolute Gasteiger partial charge is 0.479 e. The molecule has 0 amide bonds. The number of aliphatic carboxylic acids is 4. The number of hydrogen-bond acceptors (Lipinski definition) is 20. The number of aliphatic hydroxyl groups is 9. The number of ether oxygens (including phenoxy) is 7. The summed E-state index contributed by atoms with van der Waals surface area (Å²) in [5.41, 5.74) is 0. The van der Waals surface area contributed by atoms with Crippen LogP contribution in [0.1, 0.15) is 0 Å². The third-order valence-electron chi connectivity index (χ3n) is 7.98. The van der Waals surface area contributed by atoms with Crippen LogP contribution in [-0.2, 0) is 52.3 Å². The maximum absolute atomic E-state index is 12.1. The van der Waals surface area contributed by atoms with Gasteiger partial charge in [0.2, 0.25) is 0 Å². The summed E-state index contributed by atoms with van der Waals surface area (Å²) < 4.78 is 35.7. The third-order valence-corrected chi connectivity index (χ3v) is 7.98. The second-order valence-corrected chi connectivity index (χ2v) is 11.2. The van der Waals surface area contributed by atoms with Crippen LogP contribution < -0.4 is 0 Å². The molecule has 48 heavy (non-hydrogen) atoms. The molecule has 4 rings (SSSR count). The number of rotatable bonds is 10. The van der Waals surface area contributed by atoms with E-state index in [1.54, 1.807) is 0 Å². The van der Waals surface area contributed by atoms with Crippen molar-refractivity contribution in [2.75, 3.05) is 6.61 Å². The Morgan fingerprint density at radius 1 is 0.417 bits per heavy atom. The van der Waals surface area contributed by atoms with Gasteiger partial charge in [-0.2, -0.15) is 0 Å². The zero-order valence-corrected chi connectivity index (χ0v) is 24.0. The minimum absolute atomic E-state index is 0.636. The van der Waals surface area contributed by atoms with Crippen molar-refractivity contribution in [3.8, 4) is 0 Å². The minimum Gasteiger partial charge on any atom is -0.479 e. The van der Waals surface area contributed by atoms with Crippen LogP contribution in [0.25, 0.3) is 0 Å². The third kappa shape index (κ3) is 7.38. The maximum Gasteiger partial charge on any atom is 0.335 e. The highest BCUT2D eigenvalue weighted by Crippen LogP contribution is 2.34. The molecule has 0 aliphatic carbocycles. The minimum atomic E-state index is -2.40. The number of aliphatic hydroxyl groups excluding tert-OH is 9. The van der Waals surface area contributed by atoms with Gasteiger partial charge in [-0.1, -0.05) is 0 Å². The van der Waals surface area contributed by atoms with Crippen molar-refractivity contribution in [3.05, 3.63) is 0 Å². The molecule has 0 aromatic rings. The van der Waals surface area contributed by atoms with Gasteiger partial charge in [0.1, 0.15) is 73.2 Å². The lowest BCUT2D eigenvalue weighted by molar-refractivity contribution is -0.375. The highest BCUT2D eigenvalue weighted by Gasteiger charge is 2.57. The highest BCUT2D eigenvalue weighted by molar-refractivity contribution is 5.75. The Labute approximate surface area is 266 Å². The summed E-state index contributed by atoms with van der Waals surface area (Å²) in [5, 5.41) is 131. The predicted molar refractivity (Wildman–Crippen MR) is 135 cm³/mol. The smallest absolute Gasteiger partial charge is 0.335 e. The Balaban J connectivity index is 1.51. The molecule has 13 N–H and O–H groups in total. The van der Waals surface area contributed by atoms with Crippen LogP contribution in [0.5, 0.6) is 0 Å². The molecule has 0 spiro atoms. The van der Waals surface area contributed by atoms with E-state index in [2.05, 4.69) is 0 Å². The summed E-state index contributed by atoms with van der Waals surface area (Å²) in [6.45, 7) is -0.636. The summed E-state index contributed by atoms with van der Waals surface area (Å²) in [7, 11) is 0. The molecule has 0 saturated carbocycles. The molecular formula is C24H34O24. The van der Waals surface area contributed by atoms with Gasteiger partial charge in [0, 0.05) is 0 Å². The van der Waals surface area contributed by atoms with E-state index in [0.717, 1.165) is 0 Å². The molecule has 4 heterocycles. The maximum atomic E-state index is 12.1. The van der Waals surface area contributed by atoms with E-state index < -0.39 is 147 Å². The summed E-state index contributed by atoms with van der Waals surface area (Å²) in [4.78, 5) is 47.1. The van der Waals surface area contributed by atoms with Crippen LogP contribution in [-0.4, -0.2) is 213 Å².